The van der Waals surface area contributed by atoms with Gasteiger partial charge in [0.25, 0.3) is 0 Å². The molecule has 1 unspecified atom stereocenters. The van der Waals surface area contributed by atoms with Crippen molar-refractivity contribution in [1.29, 1.82) is 0 Å². The Kier molecular flexibility index (Phi) is 7.37. The maximum absolute atomic E-state index is 13.9. The number of carbonyl (C=O) groups is 2. The molecule has 1 aliphatic carbocycles. The van der Waals surface area contributed by atoms with Crippen molar-refractivity contribution in [2.45, 2.75) is 31.8 Å². The molecular weight excluding hydrogens is 534 g/mol. The van der Waals surface area contributed by atoms with Crippen molar-refractivity contribution in [3.8, 4) is 5.69 Å². The number of aromatic nitrogens is 4. The number of fused-ring (bicyclic) bond motifs is 1. The predicted molar refractivity (Wildman–Crippen MR) is 158 cm³/mol. The Morgan fingerprint density at radius 3 is 2.60 bits per heavy atom. The van der Waals surface area contributed by atoms with Crippen molar-refractivity contribution in [1.82, 2.24) is 24.0 Å². The van der Waals surface area contributed by atoms with E-state index in [4.69, 9.17) is 0 Å². The number of carboxylic acid groups (broad SMARTS) is 2. The van der Waals surface area contributed by atoms with Gasteiger partial charge in [0, 0.05) is 32.0 Å². The lowest BCUT2D eigenvalue weighted by atomic mass is 9.97. The number of carboxylic acids is 2. The van der Waals surface area contributed by atoms with Crippen LogP contribution in [-0.2, 0) is 11.3 Å². The van der Waals surface area contributed by atoms with E-state index in [1.54, 1.807) is 33.5 Å². The van der Waals surface area contributed by atoms with Gasteiger partial charge in [0.1, 0.15) is 0 Å². The summed E-state index contributed by atoms with van der Waals surface area (Å²) >= 11 is 0. The second kappa shape index (κ2) is 11.4. The third-order valence-electron chi connectivity index (χ3n) is 7.78. The van der Waals surface area contributed by atoms with E-state index in [1.165, 1.54) is 12.3 Å². The van der Waals surface area contributed by atoms with E-state index < -0.39 is 11.9 Å². The number of hydrogen-bond donors (Lipinski definition) is 2. The second-order valence-electron chi connectivity index (χ2n) is 10.5. The summed E-state index contributed by atoms with van der Waals surface area (Å²) in [5.41, 5.74) is 5.00. The SMILES string of the molecule is O=C(O)C1=C/C=C(/c2ccc(-n3c(=O)n(C4CCN(Cc5cc(C(=O)O)ccn5)C4)c4ncccc43)cc2)CC/C=C\1. The van der Waals surface area contributed by atoms with Crippen LogP contribution in [0.5, 0.6) is 0 Å². The highest BCUT2D eigenvalue weighted by Crippen LogP contribution is 2.28. The number of allylic oxidation sites excluding steroid dienone is 4. The van der Waals surface area contributed by atoms with Crippen LogP contribution in [0.15, 0.2) is 95.6 Å². The summed E-state index contributed by atoms with van der Waals surface area (Å²) in [5, 5.41) is 18.7. The molecule has 3 aromatic heterocycles. The predicted octanol–water partition coefficient (Wildman–Crippen LogP) is 4.47. The van der Waals surface area contributed by atoms with Gasteiger partial charge in [0.2, 0.25) is 0 Å². The first-order chi connectivity index (χ1) is 20.4. The molecule has 42 heavy (non-hydrogen) atoms. The fourth-order valence-corrected chi connectivity index (χ4v) is 5.71. The van der Waals surface area contributed by atoms with E-state index in [0.717, 1.165) is 42.6 Å². The molecule has 10 heteroatoms. The highest BCUT2D eigenvalue weighted by atomic mass is 16.4. The number of aromatic carboxylic acids is 1. The summed E-state index contributed by atoms with van der Waals surface area (Å²) in [4.78, 5) is 47.8. The molecule has 0 amide bonds. The number of imidazole rings is 1. The average Bonchev–Trinajstić information content (AvgIpc) is 3.54. The Morgan fingerprint density at radius 1 is 0.976 bits per heavy atom. The van der Waals surface area contributed by atoms with Gasteiger partial charge in [0.15, 0.2) is 5.65 Å². The lowest BCUT2D eigenvalue weighted by Gasteiger charge is -2.16. The third kappa shape index (κ3) is 5.31. The molecule has 1 aliphatic heterocycles. The number of benzene rings is 1. The lowest BCUT2D eigenvalue weighted by molar-refractivity contribution is -0.132. The Labute approximate surface area is 241 Å². The first kappa shape index (κ1) is 27.1. The molecule has 1 atom stereocenters. The van der Waals surface area contributed by atoms with Gasteiger partial charge >= 0.3 is 17.6 Å². The van der Waals surface area contributed by atoms with Gasteiger partial charge < -0.3 is 10.2 Å². The van der Waals surface area contributed by atoms with E-state index in [2.05, 4.69) is 14.9 Å². The van der Waals surface area contributed by atoms with Gasteiger partial charge in [-0.25, -0.2) is 19.4 Å². The van der Waals surface area contributed by atoms with Crippen LogP contribution < -0.4 is 5.69 Å². The van der Waals surface area contributed by atoms with Crippen molar-refractivity contribution in [2.75, 3.05) is 13.1 Å². The molecule has 6 rings (SSSR count). The smallest absolute Gasteiger partial charge is 0.335 e. The minimum atomic E-state index is -0.987. The van der Waals surface area contributed by atoms with Gasteiger partial charge in [-0.1, -0.05) is 30.4 Å². The van der Waals surface area contributed by atoms with Crippen molar-refractivity contribution in [3.63, 3.8) is 0 Å². The summed E-state index contributed by atoms with van der Waals surface area (Å²) in [5.74, 6) is -1.95. The first-order valence-corrected chi connectivity index (χ1v) is 13.8. The van der Waals surface area contributed by atoms with Gasteiger partial charge in [-0.3, -0.25) is 19.0 Å². The molecule has 4 aromatic rings. The normalized spacial score (nSPS) is 20.7. The van der Waals surface area contributed by atoms with Crippen LogP contribution in [0, 0.1) is 0 Å². The van der Waals surface area contributed by atoms with Crippen molar-refractivity contribution >= 4 is 28.7 Å². The number of nitrogens with zero attached hydrogens (tertiary/aromatic N) is 5. The molecule has 4 heterocycles. The van der Waals surface area contributed by atoms with Crippen LogP contribution in [0.1, 0.15) is 46.9 Å². The minimum Gasteiger partial charge on any atom is -0.478 e. The highest BCUT2D eigenvalue weighted by Gasteiger charge is 2.29. The van der Waals surface area contributed by atoms with Gasteiger partial charge in [-0.15, -0.1) is 0 Å². The fourth-order valence-electron chi connectivity index (χ4n) is 5.71. The minimum absolute atomic E-state index is 0.0959. The van der Waals surface area contributed by atoms with E-state index in [9.17, 15) is 24.6 Å². The third-order valence-corrected chi connectivity index (χ3v) is 7.78. The number of rotatable bonds is 7. The molecule has 0 radical (unpaired) electrons. The first-order valence-electron chi connectivity index (χ1n) is 13.8. The molecule has 1 saturated heterocycles. The summed E-state index contributed by atoms with van der Waals surface area (Å²) in [6.45, 7) is 1.85. The van der Waals surface area contributed by atoms with E-state index in [0.29, 0.717) is 29.9 Å². The largest absolute Gasteiger partial charge is 0.478 e. The van der Waals surface area contributed by atoms with Crippen LogP contribution >= 0.6 is 0 Å². The maximum atomic E-state index is 13.9. The second-order valence-corrected chi connectivity index (χ2v) is 10.5. The molecule has 10 nitrogen and oxygen atoms in total. The van der Waals surface area contributed by atoms with Crippen LogP contribution in [0.4, 0.5) is 0 Å². The van der Waals surface area contributed by atoms with Crippen LogP contribution in [0.2, 0.25) is 0 Å². The maximum Gasteiger partial charge on any atom is 0.335 e. The Balaban J connectivity index is 1.28. The summed E-state index contributed by atoms with van der Waals surface area (Å²) in [6.07, 6.45) is 12.4. The highest BCUT2D eigenvalue weighted by molar-refractivity contribution is 5.91. The molecule has 1 aromatic carbocycles. The molecule has 0 bridgehead atoms. The quantitative estimate of drug-likeness (QED) is 0.337. The van der Waals surface area contributed by atoms with E-state index in [-0.39, 0.29) is 22.9 Å². The zero-order chi connectivity index (χ0) is 29.2. The van der Waals surface area contributed by atoms with Gasteiger partial charge in [-0.2, -0.15) is 0 Å². The molecule has 0 saturated carbocycles. The topological polar surface area (TPSA) is 131 Å². The molecule has 212 valence electrons. The molecule has 2 N–H and O–H groups in total. The van der Waals surface area contributed by atoms with Crippen molar-refractivity contribution in [2.24, 2.45) is 0 Å². The zero-order valence-corrected chi connectivity index (χ0v) is 22.8. The summed E-state index contributed by atoms with van der Waals surface area (Å²) in [7, 11) is 0. The van der Waals surface area contributed by atoms with Crippen LogP contribution in [0.25, 0.3) is 22.4 Å². The number of pyridine rings is 2. The molecule has 0 spiro atoms. The Bertz CT molecular complexity index is 1830. The number of likely N-dealkylation sites (tertiary alicyclic amines) is 1. The van der Waals surface area contributed by atoms with Crippen LogP contribution in [-0.4, -0.2) is 59.2 Å². The van der Waals surface area contributed by atoms with Gasteiger partial charge in [0.05, 0.1) is 34.1 Å². The molecule has 1 fully saturated rings. The van der Waals surface area contributed by atoms with E-state index in [1.807, 2.05) is 48.6 Å². The lowest BCUT2D eigenvalue weighted by Crippen LogP contribution is -2.29. The van der Waals surface area contributed by atoms with Gasteiger partial charge in [-0.05, 0) is 72.9 Å². The van der Waals surface area contributed by atoms with Crippen LogP contribution in [0.3, 0.4) is 0 Å². The monoisotopic (exact) mass is 563 g/mol. The van der Waals surface area contributed by atoms with Crippen molar-refractivity contribution in [3.05, 3.63) is 118 Å². The van der Waals surface area contributed by atoms with Crippen molar-refractivity contribution < 1.29 is 19.8 Å². The Morgan fingerprint density at radius 2 is 1.81 bits per heavy atom. The fraction of sp³-hybridized carbons (Fsp3) is 0.219. The summed E-state index contributed by atoms with van der Waals surface area (Å²) < 4.78 is 3.45. The Hall–Kier alpha value is -5.09. The zero-order valence-electron chi connectivity index (χ0n) is 22.8. The standard InChI is InChI=1S/C32H29N5O5/c38-30(39)23-5-2-1-4-21(7-8-23)22-9-11-26(12-10-22)36-28-6-3-15-34-29(28)37(32(36)42)27-14-17-35(20-27)19-25-18-24(31(40)41)13-16-33-25/h2-3,5-13,15-16,18,27H,1,4,14,17,19-20H2,(H,38,39)(H,40,41)/b5-2-,21-7+,23-8+. The molecule has 2 aliphatic rings. The number of hydrogen-bond acceptors (Lipinski definition) is 6. The average molecular weight is 564 g/mol. The summed E-state index contributed by atoms with van der Waals surface area (Å²) in [6, 6.07) is 14.4. The number of aliphatic carboxylic acids is 1. The molecular formula is C32H29N5O5. The van der Waals surface area contributed by atoms with E-state index >= 15 is 0 Å².